The maximum Gasteiger partial charge on any atom is 0.254 e. The number of carbonyl (C=O) groups is 1. The van der Waals surface area contributed by atoms with Gasteiger partial charge >= 0.3 is 0 Å². The lowest BCUT2D eigenvalue weighted by molar-refractivity contribution is 0.0711. The van der Waals surface area contributed by atoms with Gasteiger partial charge in [-0.1, -0.05) is 38.2 Å². The second-order valence-electron chi connectivity index (χ2n) is 7.49. The molecule has 2 fully saturated rings. The molecule has 0 radical (unpaired) electrons. The summed E-state index contributed by atoms with van der Waals surface area (Å²) in [5, 5.41) is 0. The van der Waals surface area contributed by atoms with Gasteiger partial charge in [-0.15, -0.1) is 0 Å². The van der Waals surface area contributed by atoms with Crippen molar-refractivity contribution >= 4 is 21.6 Å². The monoisotopic (exact) mass is 364 g/mol. The highest BCUT2D eigenvalue weighted by molar-refractivity contribution is 7.92. The Morgan fingerprint density at radius 1 is 1.16 bits per heavy atom. The van der Waals surface area contributed by atoms with Gasteiger partial charge in [0, 0.05) is 23.8 Å². The van der Waals surface area contributed by atoms with E-state index in [1.165, 1.54) is 32.1 Å². The Morgan fingerprint density at radius 2 is 1.92 bits per heavy atom. The molecule has 1 aliphatic carbocycles. The molecule has 0 bridgehead atoms. The van der Waals surface area contributed by atoms with Gasteiger partial charge in [0.05, 0.1) is 6.26 Å². The summed E-state index contributed by atoms with van der Waals surface area (Å²) in [4.78, 5) is 15.0. The van der Waals surface area contributed by atoms with Gasteiger partial charge in [-0.25, -0.2) is 8.42 Å². The molecule has 0 unspecified atom stereocenters. The molecule has 1 atom stereocenters. The first-order chi connectivity index (χ1) is 11.9. The Kier molecular flexibility index (Phi) is 5.67. The zero-order valence-electron chi connectivity index (χ0n) is 14.9. The molecule has 1 amide bonds. The van der Waals surface area contributed by atoms with E-state index in [1.807, 2.05) is 4.90 Å². The molecule has 2 aliphatic rings. The van der Waals surface area contributed by atoms with Crippen molar-refractivity contribution in [3.63, 3.8) is 0 Å². The van der Waals surface area contributed by atoms with Crippen LogP contribution in [0.25, 0.3) is 0 Å². The highest BCUT2D eigenvalue weighted by Crippen LogP contribution is 2.32. The van der Waals surface area contributed by atoms with E-state index in [1.54, 1.807) is 24.3 Å². The number of benzene rings is 1. The van der Waals surface area contributed by atoms with Crippen molar-refractivity contribution < 1.29 is 13.2 Å². The summed E-state index contributed by atoms with van der Waals surface area (Å²) in [5.41, 5.74) is 1.00. The first-order valence-corrected chi connectivity index (χ1v) is 11.2. The van der Waals surface area contributed by atoms with Crippen molar-refractivity contribution in [2.24, 2.45) is 5.92 Å². The van der Waals surface area contributed by atoms with E-state index in [-0.39, 0.29) is 5.91 Å². The van der Waals surface area contributed by atoms with E-state index < -0.39 is 10.0 Å². The van der Waals surface area contributed by atoms with Gasteiger partial charge in [-0.05, 0) is 43.4 Å². The van der Waals surface area contributed by atoms with E-state index in [0.29, 0.717) is 17.3 Å². The standard InChI is InChI=1S/C19H28N2O3S/c1-25(23,24)20-17-10-5-9-16(14-17)19(22)21-12-6-11-18(21)13-15-7-3-2-4-8-15/h5,9-10,14-15,18,20H,2-4,6-8,11-13H2,1H3/t18-/m1/s1. The summed E-state index contributed by atoms with van der Waals surface area (Å²) in [6.07, 6.45) is 11.0. The molecule has 1 aliphatic heterocycles. The van der Waals surface area contributed by atoms with Gasteiger partial charge in [0.15, 0.2) is 0 Å². The van der Waals surface area contributed by atoms with Crippen LogP contribution in [0.3, 0.4) is 0 Å². The van der Waals surface area contributed by atoms with Gasteiger partial charge < -0.3 is 4.90 Å². The lowest BCUT2D eigenvalue weighted by atomic mass is 9.84. The summed E-state index contributed by atoms with van der Waals surface area (Å²) >= 11 is 0. The van der Waals surface area contributed by atoms with Crippen LogP contribution in [0.15, 0.2) is 24.3 Å². The quantitative estimate of drug-likeness (QED) is 0.867. The van der Waals surface area contributed by atoms with Crippen molar-refractivity contribution in [3.8, 4) is 0 Å². The number of sulfonamides is 1. The van der Waals surface area contributed by atoms with Crippen molar-refractivity contribution in [1.29, 1.82) is 0 Å². The maximum absolute atomic E-state index is 13.0. The lowest BCUT2D eigenvalue weighted by Gasteiger charge is -2.30. The summed E-state index contributed by atoms with van der Waals surface area (Å²) in [5.74, 6) is 0.779. The second-order valence-corrected chi connectivity index (χ2v) is 9.24. The Morgan fingerprint density at radius 3 is 2.64 bits per heavy atom. The van der Waals surface area contributed by atoms with E-state index >= 15 is 0 Å². The molecule has 5 nitrogen and oxygen atoms in total. The molecule has 1 aromatic carbocycles. The molecule has 25 heavy (non-hydrogen) atoms. The normalized spacial score (nSPS) is 22.1. The Bertz CT molecular complexity index is 711. The lowest BCUT2D eigenvalue weighted by Crippen LogP contribution is -2.37. The topological polar surface area (TPSA) is 66.5 Å². The minimum Gasteiger partial charge on any atom is -0.336 e. The van der Waals surface area contributed by atoms with Crippen LogP contribution in [-0.4, -0.2) is 38.1 Å². The van der Waals surface area contributed by atoms with Crippen LogP contribution < -0.4 is 4.72 Å². The van der Waals surface area contributed by atoms with Crippen LogP contribution in [0, 0.1) is 5.92 Å². The number of anilines is 1. The SMILES string of the molecule is CS(=O)(=O)Nc1cccc(C(=O)N2CCC[C@@H]2CC2CCCCC2)c1. The first-order valence-electron chi connectivity index (χ1n) is 9.31. The summed E-state index contributed by atoms with van der Waals surface area (Å²) < 4.78 is 25.3. The van der Waals surface area contributed by atoms with E-state index in [2.05, 4.69) is 4.72 Å². The Hall–Kier alpha value is -1.56. The average molecular weight is 365 g/mol. The zero-order chi connectivity index (χ0) is 17.9. The molecule has 1 N–H and O–H groups in total. The fraction of sp³-hybridized carbons (Fsp3) is 0.632. The predicted molar refractivity (Wildman–Crippen MR) is 100 cm³/mol. The average Bonchev–Trinajstić information content (AvgIpc) is 3.02. The van der Waals surface area contributed by atoms with Crippen LogP contribution in [-0.2, 0) is 10.0 Å². The van der Waals surface area contributed by atoms with Crippen LogP contribution in [0.1, 0.15) is 61.7 Å². The van der Waals surface area contributed by atoms with Gasteiger partial charge in [-0.2, -0.15) is 0 Å². The molecule has 1 saturated heterocycles. The van der Waals surface area contributed by atoms with Crippen LogP contribution in [0.2, 0.25) is 0 Å². The number of rotatable bonds is 5. The number of nitrogens with zero attached hydrogens (tertiary/aromatic N) is 1. The fourth-order valence-electron chi connectivity index (χ4n) is 4.25. The van der Waals surface area contributed by atoms with Crippen molar-refractivity contribution in [1.82, 2.24) is 4.90 Å². The number of likely N-dealkylation sites (tertiary alicyclic amines) is 1. The van der Waals surface area contributed by atoms with Crippen LogP contribution in [0.4, 0.5) is 5.69 Å². The fourth-order valence-corrected chi connectivity index (χ4v) is 4.81. The van der Waals surface area contributed by atoms with E-state index in [0.717, 1.165) is 38.0 Å². The molecular weight excluding hydrogens is 336 g/mol. The minimum absolute atomic E-state index is 0.0236. The zero-order valence-corrected chi connectivity index (χ0v) is 15.7. The smallest absolute Gasteiger partial charge is 0.254 e. The Labute approximate surface area is 150 Å². The van der Waals surface area contributed by atoms with Crippen LogP contribution >= 0.6 is 0 Å². The summed E-state index contributed by atoms with van der Waals surface area (Å²) in [6.45, 7) is 0.806. The highest BCUT2D eigenvalue weighted by atomic mass is 32.2. The molecule has 1 heterocycles. The molecule has 3 rings (SSSR count). The molecule has 0 spiro atoms. The Balaban J connectivity index is 1.69. The largest absolute Gasteiger partial charge is 0.336 e. The number of carbonyl (C=O) groups excluding carboxylic acids is 1. The maximum atomic E-state index is 13.0. The summed E-state index contributed by atoms with van der Waals surface area (Å²) in [6, 6.07) is 7.14. The third-order valence-electron chi connectivity index (χ3n) is 5.38. The molecule has 1 aromatic rings. The van der Waals surface area contributed by atoms with Crippen LogP contribution in [0.5, 0.6) is 0 Å². The molecule has 1 saturated carbocycles. The van der Waals surface area contributed by atoms with Crippen molar-refractivity contribution in [2.45, 2.75) is 57.4 Å². The third-order valence-corrected chi connectivity index (χ3v) is 5.99. The van der Waals surface area contributed by atoms with Gasteiger partial charge in [0.25, 0.3) is 5.91 Å². The molecule has 138 valence electrons. The molecule has 6 heteroatoms. The highest BCUT2D eigenvalue weighted by Gasteiger charge is 2.31. The second kappa shape index (κ2) is 7.77. The number of hydrogen-bond acceptors (Lipinski definition) is 3. The van der Waals surface area contributed by atoms with Gasteiger partial charge in [0.2, 0.25) is 10.0 Å². The molecular formula is C19H28N2O3S. The number of amides is 1. The number of hydrogen-bond donors (Lipinski definition) is 1. The minimum atomic E-state index is -3.34. The van der Waals surface area contributed by atoms with E-state index in [4.69, 9.17) is 0 Å². The van der Waals surface area contributed by atoms with Crippen molar-refractivity contribution in [2.75, 3.05) is 17.5 Å². The third kappa shape index (κ3) is 4.97. The number of nitrogens with one attached hydrogen (secondary N) is 1. The first kappa shape index (κ1) is 18.2. The van der Waals surface area contributed by atoms with Gasteiger partial charge in [-0.3, -0.25) is 9.52 Å². The molecule has 0 aromatic heterocycles. The summed E-state index contributed by atoms with van der Waals surface area (Å²) in [7, 11) is -3.34. The van der Waals surface area contributed by atoms with E-state index in [9.17, 15) is 13.2 Å². The predicted octanol–water partition coefficient (Wildman–Crippen LogP) is 3.63. The van der Waals surface area contributed by atoms with Crippen molar-refractivity contribution in [3.05, 3.63) is 29.8 Å². The van der Waals surface area contributed by atoms with Gasteiger partial charge in [0.1, 0.15) is 0 Å².